The molecule has 0 aliphatic carbocycles. The first-order valence-electron chi connectivity index (χ1n) is 7.76. The van der Waals surface area contributed by atoms with Gasteiger partial charge in [0.15, 0.2) is 15.8 Å². The molecule has 0 saturated heterocycles. The van der Waals surface area contributed by atoms with Crippen LogP contribution in [0.3, 0.4) is 0 Å². The van der Waals surface area contributed by atoms with Crippen LogP contribution < -0.4 is 5.32 Å². The number of guanidine groups is 1. The van der Waals surface area contributed by atoms with Crippen LogP contribution in [0, 0.1) is 0 Å². The normalized spacial score (nSPS) is 11.5. The Bertz CT molecular complexity index is 765. The van der Waals surface area contributed by atoms with Crippen LogP contribution in [0.2, 0.25) is 0 Å². The maximum Gasteiger partial charge on any atom is 0.193 e. The summed E-state index contributed by atoms with van der Waals surface area (Å²) in [6.07, 6.45) is 0. The highest BCUT2D eigenvalue weighted by Gasteiger charge is 2.14. The van der Waals surface area contributed by atoms with Gasteiger partial charge in [-0.3, -0.25) is 4.99 Å². The van der Waals surface area contributed by atoms with E-state index in [1.165, 1.54) is 5.56 Å². The molecule has 0 radical (unpaired) electrons. The van der Waals surface area contributed by atoms with E-state index in [-0.39, 0.29) is 29.7 Å². The van der Waals surface area contributed by atoms with Gasteiger partial charge >= 0.3 is 0 Å². The van der Waals surface area contributed by atoms with Crippen molar-refractivity contribution in [3.8, 4) is 0 Å². The van der Waals surface area contributed by atoms with Crippen molar-refractivity contribution in [2.75, 3.05) is 26.4 Å². The van der Waals surface area contributed by atoms with Crippen molar-refractivity contribution in [1.82, 2.24) is 10.2 Å². The summed E-state index contributed by atoms with van der Waals surface area (Å²) in [6, 6.07) is 18.5. The standard InChI is InChI=1S/C18H23N3O2S.HI/c1-19-18(21(2)15-16-9-5-3-6-10-16)20-13-14-24(22,23)17-11-7-4-8-12-17;/h3-12H,13-15H2,1-2H3,(H,19,20);1H. The second-order valence-corrected chi connectivity index (χ2v) is 7.56. The summed E-state index contributed by atoms with van der Waals surface area (Å²) in [7, 11) is 0.330. The van der Waals surface area contributed by atoms with Crippen molar-refractivity contribution in [3.05, 3.63) is 66.2 Å². The SMILES string of the molecule is CN=C(NCCS(=O)(=O)c1ccccc1)N(C)Cc1ccccc1.I. The molecule has 5 nitrogen and oxygen atoms in total. The first-order valence-corrected chi connectivity index (χ1v) is 9.41. The van der Waals surface area contributed by atoms with Gasteiger partial charge in [0, 0.05) is 27.2 Å². The van der Waals surface area contributed by atoms with E-state index in [0.717, 1.165) is 0 Å². The average Bonchev–Trinajstić information content (AvgIpc) is 2.60. The van der Waals surface area contributed by atoms with Crippen molar-refractivity contribution in [2.24, 2.45) is 4.99 Å². The van der Waals surface area contributed by atoms with E-state index >= 15 is 0 Å². The van der Waals surface area contributed by atoms with E-state index in [0.29, 0.717) is 23.9 Å². The van der Waals surface area contributed by atoms with Gasteiger partial charge in [0.25, 0.3) is 0 Å². The van der Waals surface area contributed by atoms with E-state index < -0.39 is 9.84 Å². The molecular formula is C18H24IN3O2S. The summed E-state index contributed by atoms with van der Waals surface area (Å²) >= 11 is 0. The quantitative estimate of drug-likeness (QED) is 0.398. The number of sulfone groups is 1. The van der Waals surface area contributed by atoms with E-state index in [4.69, 9.17) is 0 Å². The van der Waals surface area contributed by atoms with Gasteiger partial charge in [0.1, 0.15) is 0 Å². The van der Waals surface area contributed by atoms with Crippen molar-refractivity contribution >= 4 is 39.8 Å². The highest BCUT2D eigenvalue weighted by atomic mass is 127. The number of hydrogen-bond donors (Lipinski definition) is 1. The Kier molecular flexibility index (Phi) is 8.91. The molecule has 0 unspecified atom stereocenters. The van der Waals surface area contributed by atoms with Gasteiger partial charge in [-0.2, -0.15) is 0 Å². The molecule has 0 spiro atoms. The molecule has 0 aliphatic rings. The molecule has 0 bridgehead atoms. The Labute approximate surface area is 167 Å². The van der Waals surface area contributed by atoms with Crippen LogP contribution in [0.5, 0.6) is 0 Å². The second kappa shape index (κ2) is 10.4. The van der Waals surface area contributed by atoms with Crippen LogP contribution in [0.25, 0.3) is 0 Å². The lowest BCUT2D eigenvalue weighted by molar-refractivity contribution is 0.478. The van der Waals surface area contributed by atoms with Gasteiger partial charge in [0.05, 0.1) is 10.6 Å². The fourth-order valence-electron chi connectivity index (χ4n) is 2.36. The molecule has 7 heteroatoms. The van der Waals surface area contributed by atoms with Crippen LogP contribution in [0.4, 0.5) is 0 Å². The van der Waals surface area contributed by atoms with Gasteiger partial charge in [-0.05, 0) is 17.7 Å². The monoisotopic (exact) mass is 473 g/mol. The zero-order valence-electron chi connectivity index (χ0n) is 14.4. The van der Waals surface area contributed by atoms with Crippen molar-refractivity contribution in [3.63, 3.8) is 0 Å². The summed E-state index contributed by atoms with van der Waals surface area (Å²) in [5, 5.41) is 3.11. The third-order valence-corrected chi connectivity index (χ3v) is 5.32. The first kappa shape index (κ1) is 21.4. The Morgan fingerprint density at radius 2 is 1.60 bits per heavy atom. The molecule has 2 aromatic carbocycles. The number of nitrogens with one attached hydrogen (secondary N) is 1. The van der Waals surface area contributed by atoms with E-state index in [9.17, 15) is 8.42 Å². The zero-order valence-corrected chi connectivity index (χ0v) is 17.6. The molecule has 0 atom stereocenters. The maximum absolute atomic E-state index is 12.3. The molecule has 0 heterocycles. The molecule has 0 fully saturated rings. The third kappa shape index (κ3) is 6.66. The Morgan fingerprint density at radius 1 is 1.04 bits per heavy atom. The minimum atomic E-state index is -3.28. The van der Waals surface area contributed by atoms with Gasteiger partial charge in [0.2, 0.25) is 0 Å². The first-order chi connectivity index (χ1) is 11.5. The summed E-state index contributed by atoms with van der Waals surface area (Å²) in [5.41, 5.74) is 1.17. The van der Waals surface area contributed by atoms with E-state index in [1.807, 2.05) is 42.3 Å². The zero-order chi connectivity index (χ0) is 17.4. The van der Waals surface area contributed by atoms with Crippen LogP contribution in [0.1, 0.15) is 5.56 Å². The highest BCUT2D eigenvalue weighted by molar-refractivity contribution is 14.0. The molecule has 0 saturated carbocycles. The van der Waals surface area contributed by atoms with Gasteiger partial charge < -0.3 is 10.2 Å². The molecule has 2 aromatic rings. The van der Waals surface area contributed by atoms with E-state index in [1.54, 1.807) is 37.4 Å². The molecule has 0 aromatic heterocycles. The van der Waals surface area contributed by atoms with Crippen LogP contribution in [-0.4, -0.2) is 45.7 Å². The Hall–Kier alpha value is -1.61. The number of aliphatic imine (C=N–C) groups is 1. The van der Waals surface area contributed by atoms with Crippen molar-refractivity contribution in [2.45, 2.75) is 11.4 Å². The lowest BCUT2D eigenvalue weighted by atomic mass is 10.2. The van der Waals surface area contributed by atoms with Crippen molar-refractivity contribution in [1.29, 1.82) is 0 Å². The van der Waals surface area contributed by atoms with Gasteiger partial charge in [-0.15, -0.1) is 24.0 Å². The predicted octanol–water partition coefficient (Wildman–Crippen LogP) is 2.79. The largest absolute Gasteiger partial charge is 0.355 e. The van der Waals surface area contributed by atoms with Crippen LogP contribution >= 0.6 is 24.0 Å². The van der Waals surface area contributed by atoms with Crippen LogP contribution in [0.15, 0.2) is 70.6 Å². The second-order valence-electron chi connectivity index (χ2n) is 5.45. The average molecular weight is 473 g/mol. The highest BCUT2D eigenvalue weighted by Crippen LogP contribution is 2.09. The summed E-state index contributed by atoms with van der Waals surface area (Å²) in [6.45, 7) is 1.01. The lowest BCUT2D eigenvalue weighted by Crippen LogP contribution is -2.40. The molecule has 136 valence electrons. The summed E-state index contributed by atoms with van der Waals surface area (Å²) in [4.78, 5) is 6.52. The Morgan fingerprint density at radius 3 is 2.16 bits per heavy atom. The van der Waals surface area contributed by atoms with Gasteiger partial charge in [-0.1, -0.05) is 48.5 Å². The summed E-state index contributed by atoms with van der Waals surface area (Å²) < 4.78 is 24.5. The summed E-state index contributed by atoms with van der Waals surface area (Å²) in [5.74, 6) is 0.692. The minimum absolute atomic E-state index is 0. The van der Waals surface area contributed by atoms with Gasteiger partial charge in [-0.25, -0.2) is 8.42 Å². The number of hydrogen-bond acceptors (Lipinski definition) is 3. The van der Waals surface area contributed by atoms with E-state index in [2.05, 4.69) is 10.3 Å². The third-order valence-electron chi connectivity index (χ3n) is 3.59. The topological polar surface area (TPSA) is 61.8 Å². The lowest BCUT2D eigenvalue weighted by Gasteiger charge is -2.22. The maximum atomic E-state index is 12.3. The molecule has 0 aliphatic heterocycles. The van der Waals surface area contributed by atoms with Crippen molar-refractivity contribution < 1.29 is 8.42 Å². The number of halogens is 1. The minimum Gasteiger partial charge on any atom is -0.355 e. The predicted molar refractivity (Wildman–Crippen MR) is 113 cm³/mol. The fourth-order valence-corrected chi connectivity index (χ4v) is 3.54. The molecule has 1 N–H and O–H groups in total. The smallest absolute Gasteiger partial charge is 0.193 e. The molecular weight excluding hydrogens is 449 g/mol. The molecule has 2 rings (SSSR count). The van der Waals surface area contributed by atoms with Crippen LogP contribution in [-0.2, 0) is 16.4 Å². The number of nitrogens with zero attached hydrogens (tertiary/aromatic N) is 2. The number of rotatable bonds is 6. The fraction of sp³-hybridized carbons (Fsp3) is 0.278. The Balaban J connectivity index is 0.00000312. The molecule has 0 amide bonds. The number of benzene rings is 2. The molecule has 25 heavy (non-hydrogen) atoms.